The first-order chi connectivity index (χ1) is 7.56. The van der Waals surface area contributed by atoms with Crippen LogP contribution >= 0.6 is 11.6 Å². The molecule has 2 aromatic rings. The maximum Gasteiger partial charge on any atom is 0.196 e. The molecule has 2 rings (SSSR count). The molecule has 2 N–H and O–H groups in total. The van der Waals surface area contributed by atoms with Gasteiger partial charge in [-0.05, 0) is 18.2 Å². The number of nitrogens with zero attached hydrogens (tertiary/aromatic N) is 2. The third kappa shape index (κ3) is 2.06. The number of ketones is 1. The van der Waals surface area contributed by atoms with Gasteiger partial charge in [0.1, 0.15) is 0 Å². The third-order valence-corrected chi connectivity index (χ3v) is 2.37. The molecule has 0 saturated carbocycles. The lowest BCUT2D eigenvalue weighted by Crippen LogP contribution is -2.01. The van der Waals surface area contributed by atoms with E-state index in [1.807, 2.05) is 0 Å². The molecule has 0 aliphatic rings. The Labute approximate surface area is 97.6 Å². The first kappa shape index (κ1) is 10.7. The van der Waals surface area contributed by atoms with Crippen LogP contribution in [-0.2, 0) is 7.05 Å². The van der Waals surface area contributed by atoms with E-state index < -0.39 is 0 Å². The molecule has 0 unspecified atom stereocenters. The van der Waals surface area contributed by atoms with Gasteiger partial charge in [-0.1, -0.05) is 11.6 Å². The van der Waals surface area contributed by atoms with E-state index in [9.17, 15) is 4.79 Å². The van der Waals surface area contributed by atoms with Gasteiger partial charge >= 0.3 is 0 Å². The van der Waals surface area contributed by atoms with Crippen LogP contribution in [0, 0.1) is 0 Å². The Morgan fingerprint density at radius 1 is 1.38 bits per heavy atom. The van der Waals surface area contributed by atoms with E-state index in [0.717, 1.165) is 0 Å². The fraction of sp³-hybridized carbons (Fsp3) is 0.0909. The number of hydrogen-bond donors (Lipinski definition) is 1. The lowest BCUT2D eigenvalue weighted by atomic mass is 10.1. The molecular formula is C11H10ClN3O. The lowest BCUT2D eigenvalue weighted by molar-refractivity contribution is 0.103. The summed E-state index contributed by atoms with van der Waals surface area (Å²) in [7, 11) is 1.75. The van der Waals surface area contributed by atoms with Gasteiger partial charge in [-0.15, -0.1) is 0 Å². The molecule has 5 heteroatoms. The van der Waals surface area contributed by atoms with Gasteiger partial charge in [-0.25, -0.2) is 0 Å². The molecule has 1 heterocycles. The number of aryl methyl sites for hydroxylation is 1. The Morgan fingerprint density at radius 2 is 2.12 bits per heavy atom. The lowest BCUT2D eigenvalue weighted by Gasteiger charge is -2.01. The van der Waals surface area contributed by atoms with Crippen molar-refractivity contribution >= 4 is 23.1 Å². The number of carbonyl (C=O) groups excluding carboxylic acids is 1. The number of nitrogen functional groups attached to an aromatic ring is 1. The van der Waals surface area contributed by atoms with Crippen LogP contribution in [0.5, 0.6) is 0 Å². The van der Waals surface area contributed by atoms with Crippen molar-refractivity contribution in [1.29, 1.82) is 0 Å². The van der Waals surface area contributed by atoms with E-state index in [0.29, 0.717) is 21.8 Å². The minimum Gasteiger partial charge on any atom is -0.399 e. The third-order valence-electron chi connectivity index (χ3n) is 2.15. The highest BCUT2D eigenvalue weighted by Crippen LogP contribution is 2.19. The van der Waals surface area contributed by atoms with Gasteiger partial charge in [0.05, 0.1) is 11.8 Å². The number of hydrogen-bond acceptors (Lipinski definition) is 3. The first-order valence-electron chi connectivity index (χ1n) is 4.65. The maximum atomic E-state index is 12.0. The molecule has 0 aliphatic heterocycles. The van der Waals surface area contributed by atoms with Crippen molar-refractivity contribution in [3.63, 3.8) is 0 Å². The van der Waals surface area contributed by atoms with Crippen molar-refractivity contribution in [2.75, 3.05) is 5.73 Å². The Hall–Kier alpha value is -1.81. The van der Waals surface area contributed by atoms with Crippen LogP contribution in [-0.4, -0.2) is 15.6 Å². The van der Waals surface area contributed by atoms with Crippen LogP contribution < -0.4 is 5.73 Å². The second-order valence-corrected chi connectivity index (χ2v) is 3.94. The molecule has 0 saturated heterocycles. The molecule has 82 valence electrons. The maximum absolute atomic E-state index is 12.0. The minimum absolute atomic E-state index is 0.137. The number of halogens is 1. The fourth-order valence-corrected chi connectivity index (χ4v) is 1.69. The predicted molar refractivity (Wildman–Crippen MR) is 62.5 cm³/mol. The standard InChI is InChI=1S/C11H10ClN3O/c1-15-6-8(5-14-15)11(16)7-2-9(12)4-10(13)3-7/h2-6H,13H2,1H3. The van der Waals surface area contributed by atoms with Crippen LogP contribution in [0.1, 0.15) is 15.9 Å². The minimum atomic E-state index is -0.137. The van der Waals surface area contributed by atoms with Gasteiger partial charge in [-0.2, -0.15) is 5.10 Å². The summed E-state index contributed by atoms with van der Waals surface area (Å²) >= 11 is 5.83. The smallest absolute Gasteiger partial charge is 0.196 e. The largest absolute Gasteiger partial charge is 0.399 e. The number of aromatic nitrogens is 2. The quantitative estimate of drug-likeness (QED) is 0.639. The van der Waals surface area contributed by atoms with E-state index in [1.165, 1.54) is 6.20 Å². The van der Waals surface area contributed by atoms with E-state index >= 15 is 0 Å². The highest BCUT2D eigenvalue weighted by molar-refractivity contribution is 6.31. The summed E-state index contributed by atoms with van der Waals surface area (Å²) in [6.45, 7) is 0. The summed E-state index contributed by atoms with van der Waals surface area (Å²) in [5.41, 5.74) is 7.08. The summed E-state index contributed by atoms with van der Waals surface area (Å²) in [6.07, 6.45) is 3.17. The number of nitrogens with two attached hydrogens (primary N) is 1. The zero-order valence-electron chi connectivity index (χ0n) is 8.64. The van der Waals surface area contributed by atoms with Crippen molar-refractivity contribution in [3.05, 3.63) is 46.7 Å². The second kappa shape index (κ2) is 3.98. The summed E-state index contributed by atoms with van der Waals surface area (Å²) in [5, 5.41) is 4.39. The van der Waals surface area contributed by atoms with Crippen LogP contribution in [0.25, 0.3) is 0 Å². The molecule has 1 aromatic carbocycles. The number of carbonyl (C=O) groups is 1. The summed E-state index contributed by atoms with van der Waals surface area (Å²) in [5.74, 6) is -0.137. The van der Waals surface area contributed by atoms with E-state index in [-0.39, 0.29) is 5.78 Å². The van der Waals surface area contributed by atoms with Gasteiger partial charge in [-0.3, -0.25) is 9.48 Å². The first-order valence-corrected chi connectivity index (χ1v) is 5.03. The van der Waals surface area contributed by atoms with Crippen molar-refractivity contribution in [1.82, 2.24) is 9.78 Å². The average Bonchev–Trinajstić information content (AvgIpc) is 2.62. The van der Waals surface area contributed by atoms with E-state index in [2.05, 4.69) is 5.10 Å². The van der Waals surface area contributed by atoms with E-state index in [1.54, 1.807) is 36.1 Å². The Bertz CT molecular complexity index is 528. The zero-order chi connectivity index (χ0) is 11.7. The normalized spacial score (nSPS) is 10.4. The molecule has 0 aliphatic carbocycles. The van der Waals surface area contributed by atoms with Gasteiger partial charge in [0.15, 0.2) is 5.78 Å². The zero-order valence-corrected chi connectivity index (χ0v) is 9.40. The molecular weight excluding hydrogens is 226 g/mol. The van der Waals surface area contributed by atoms with Crippen molar-refractivity contribution in [2.24, 2.45) is 7.05 Å². The highest BCUT2D eigenvalue weighted by Gasteiger charge is 2.11. The fourth-order valence-electron chi connectivity index (χ4n) is 1.45. The number of benzene rings is 1. The average molecular weight is 236 g/mol. The Morgan fingerprint density at radius 3 is 2.69 bits per heavy atom. The van der Waals surface area contributed by atoms with Gasteiger partial charge in [0, 0.05) is 29.5 Å². The molecule has 0 radical (unpaired) electrons. The Kier molecular flexibility index (Phi) is 2.66. The van der Waals surface area contributed by atoms with Crippen LogP contribution in [0.2, 0.25) is 5.02 Å². The Balaban J connectivity index is 2.41. The highest BCUT2D eigenvalue weighted by atomic mass is 35.5. The van der Waals surface area contributed by atoms with Crippen molar-refractivity contribution in [2.45, 2.75) is 0 Å². The summed E-state index contributed by atoms with van der Waals surface area (Å²) in [6, 6.07) is 4.79. The van der Waals surface area contributed by atoms with Crippen LogP contribution in [0.3, 0.4) is 0 Å². The second-order valence-electron chi connectivity index (χ2n) is 3.51. The molecule has 0 atom stereocenters. The molecule has 0 fully saturated rings. The van der Waals surface area contributed by atoms with Crippen LogP contribution in [0.15, 0.2) is 30.6 Å². The molecule has 16 heavy (non-hydrogen) atoms. The molecule has 0 spiro atoms. The molecule has 1 aromatic heterocycles. The number of anilines is 1. The summed E-state index contributed by atoms with van der Waals surface area (Å²) < 4.78 is 1.57. The monoisotopic (exact) mass is 235 g/mol. The van der Waals surface area contributed by atoms with Gasteiger partial charge in [0.2, 0.25) is 0 Å². The molecule has 0 bridgehead atoms. The van der Waals surface area contributed by atoms with Crippen molar-refractivity contribution < 1.29 is 4.79 Å². The topological polar surface area (TPSA) is 60.9 Å². The van der Waals surface area contributed by atoms with Gasteiger partial charge in [0.25, 0.3) is 0 Å². The SMILES string of the molecule is Cn1cc(C(=O)c2cc(N)cc(Cl)c2)cn1. The number of rotatable bonds is 2. The summed E-state index contributed by atoms with van der Waals surface area (Å²) in [4.78, 5) is 12.0. The van der Waals surface area contributed by atoms with Crippen molar-refractivity contribution in [3.8, 4) is 0 Å². The van der Waals surface area contributed by atoms with Crippen LogP contribution in [0.4, 0.5) is 5.69 Å². The predicted octanol–water partition coefficient (Wildman–Crippen LogP) is 1.89. The van der Waals surface area contributed by atoms with E-state index in [4.69, 9.17) is 17.3 Å². The molecule has 0 amide bonds. The van der Waals surface area contributed by atoms with Gasteiger partial charge < -0.3 is 5.73 Å². The molecule has 4 nitrogen and oxygen atoms in total.